The van der Waals surface area contributed by atoms with Crippen LogP contribution in [0.3, 0.4) is 0 Å². The molecule has 2 aromatic rings. The molecule has 0 bridgehead atoms. The Balaban J connectivity index is 1.51. The molecule has 4 nitrogen and oxygen atoms in total. The Labute approximate surface area is 174 Å². The van der Waals surface area contributed by atoms with Gasteiger partial charge in [-0.2, -0.15) is 0 Å². The van der Waals surface area contributed by atoms with Gasteiger partial charge in [-0.25, -0.2) is 4.79 Å². The van der Waals surface area contributed by atoms with Crippen molar-refractivity contribution < 1.29 is 9.63 Å². The first-order chi connectivity index (χ1) is 14.2. The number of thioether (sulfide) groups is 1. The Morgan fingerprint density at radius 3 is 2.69 bits per heavy atom. The normalized spacial score (nSPS) is 22.4. The number of nitrogens with zero attached hydrogens (tertiary/aromatic N) is 2. The Kier molecular flexibility index (Phi) is 4.60. The zero-order valence-corrected chi connectivity index (χ0v) is 16.9. The monoisotopic (exact) mass is 400 g/mol. The first-order valence-corrected chi connectivity index (χ1v) is 10.5. The lowest BCUT2D eigenvalue weighted by molar-refractivity contribution is -0.136. The van der Waals surface area contributed by atoms with Gasteiger partial charge in [-0.1, -0.05) is 65.5 Å². The summed E-state index contributed by atoms with van der Waals surface area (Å²) in [5.41, 5.74) is 5.61. The first-order valence-electron chi connectivity index (χ1n) is 9.72. The van der Waals surface area contributed by atoms with E-state index in [1.54, 1.807) is 11.8 Å². The molecule has 144 valence electrons. The Morgan fingerprint density at radius 2 is 1.86 bits per heavy atom. The highest BCUT2D eigenvalue weighted by atomic mass is 32.2. The molecule has 0 saturated carbocycles. The van der Waals surface area contributed by atoms with Gasteiger partial charge < -0.3 is 9.74 Å². The van der Waals surface area contributed by atoms with Crippen LogP contribution in [0.4, 0.5) is 5.69 Å². The molecule has 3 aliphatic rings. The molecule has 0 aromatic heterocycles. The fourth-order valence-electron chi connectivity index (χ4n) is 3.92. The van der Waals surface area contributed by atoms with E-state index >= 15 is 0 Å². The second kappa shape index (κ2) is 7.41. The summed E-state index contributed by atoms with van der Waals surface area (Å²) < 4.78 is 0. The van der Waals surface area contributed by atoms with Gasteiger partial charge in [0.2, 0.25) is 0 Å². The van der Waals surface area contributed by atoms with E-state index in [0.717, 1.165) is 30.4 Å². The van der Waals surface area contributed by atoms with Crippen molar-refractivity contribution in [1.82, 2.24) is 0 Å². The van der Waals surface area contributed by atoms with E-state index in [-0.39, 0.29) is 5.97 Å². The summed E-state index contributed by atoms with van der Waals surface area (Å²) in [5.74, 6) is -0.358. The number of hydrogen-bond donors (Lipinski definition) is 0. The molecule has 0 radical (unpaired) electrons. The number of para-hydroxylation sites is 1. The number of carbonyl (C=O) groups is 1. The molecule has 0 saturated heterocycles. The van der Waals surface area contributed by atoms with Gasteiger partial charge in [0.1, 0.15) is 5.71 Å². The van der Waals surface area contributed by atoms with Crippen LogP contribution in [0.15, 0.2) is 98.5 Å². The number of allylic oxidation sites excluding steroid dienone is 4. The summed E-state index contributed by atoms with van der Waals surface area (Å²) in [6.45, 7) is 0. The molecule has 5 rings (SSSR count). The summed E-state index contributed by atoms with van der Waals surface area (Å²) in [7, 11) is 2.10. The fraction of sp³-hybridized carbons (Fsp3) is 0.167. The average molecular weight is 401 g/mol. The highest BCUT2D eigenvalue weighted by molar-refractivity contribution is 8.03. The topological polar surface area (TPSA) is 41.9 Å². The number of rotatable bonds is 2. The van der Waals surface area contributed by atoms with Gasteiger partial charge in [0.15, 0.2) is 0 Å². The molecule has 2 heterocycles. The lowest BCUT2D eigenvalue weighted by Crippen LogP contribution is -2.12. The second-order valence-corrected chi connectivity index (χ2v) is 8.33. The van der Waals surface area contributed by atoms with Gasteiger partial charge in [-0.05, 0) is 48.6 Å². The van der Waals surface area contributed by atoms with E-state index in [4.69, 9.17) is 4.84 Å². The number of oxime groups is 1. The van der Waals surface area contributed by atoms with Crippen molar-refractivity contribution in [3.63, 3.8) is 0 Å². The molecule has 0 atom stereocenters. The molecular formula is C24H20N2O2S. The van der Waals surface area contributed by atoms with Crippen LogP contribution in [0.25, 0.3) is 0 Å². The predicted octanol–water partition coefficient (Wildman–Crippen LogP) is 5.44. The van der Waals surface area contributed by atoms with Crippen LogP contribution in [-0.2, 0) is 9.63 Å². The van der Waals surface area contributed by atoms with Crippen molar-refractivity contribution in [3.8, 4) is 0 Å². The average Bonchev–Trinajstić information content (AvgIpc) is 3.29. The predicted molar refractivity (Wildman–Crippen MR) is 117 cm³/mol. The van der Waals surface area contributed by atoms with Crippen molar-refractivity contribution in [2.75, 3.05) is 11.9 Å². The van der Waals surface area contributed by atoms with Crippen LogP contribution in [0.2, 0.25) is 0 Å². The number of benzene rings is 2. The van der Waals surface area contributed by atoms with Crippen LogP contribution in [0.5, 0.6) is 0 Å². The second-order valence-electron chi connectivity index (χ2n) is 7.27. The maximum atomic E-state index is 12.5. The van der Waals surface area contributed by atoms with E-state index in [2.05, 4.69) is 53.5 Å². The highest BCUT2D eigenvalue weighted by Crippen LogP contribution is 2.45. The van der Waals surface area contributed by atoms with Crippen LogP contribution in [0.1, 0.15) is 24.8 Å². The highest BCUT2D eigenvalue weighted by Gasteiger charge is 2.30. The van der Waals surface area contributed by atoms with E-state index in [1.807, 2.05) is 30.3 Å². The van der Waals surface area contributed by atoms with Crippen molar-refractivity contribution in [3.05, 3.63) is 94.1 Å². The van der Waals surface area contributed by atoms with Crippen LogP contribution < -0.4 is 4.90 Å². The lowest BCUT2D eigenvalue weighted by Gasteiger charge is -2.18. The van der Waals surface area contributed by atoms with Crippen LogP contribution in [0, 0.1) is 0 Å². The minimum atomic E-state index is -0.358. The number of hydrogen-bond acceptors (Lipinski definition) is 5. The van der Waals surface area contributed by atoms with Crippen molar-refractivity contribution >= 4 is 29.1 Å². The molecule has 0 fully saturated rings. The van der Waals surface area contributed by atoms with Crippen molar-refractivity contribution in [2.45, 2.75) is 24.2 Å². The maximum Gasteiger partial charge on any atom is 0.368 e. The largest absolute Gasteiger partial charge is 0.368 e. The minimum absolute atomic E-state index is 0.358. The molecule has 2 aromatic carbocycles. The zero-order valence-electron chi connectivity index (χ0n) is 16.1. The third-order valence-corrected chi connectivity index (χ3v) is 6.55. The lowest BCUT2D eigenvalue weighted by atomic mass is 9.89. The van der Waals surface area contributed by atoms with E-state index in [1.165, 1.54) is 21.2 Å². The van der Waals surface area contributed by atoms with E-state index < -0.39 is 0 Å². The molecule has 29 heavy (non-hydrogen) atoms. The molecule has 0 amide bonds. The Morgan fingerprint density at radius 1 is 1.07 bits per heavy atom. The number of fused-ring (bicyclic) bond motifs is 1. The van der Waals surface area contributed by atoms with Gasteiger partial charge in [0.25, 0.3) is 0 Å². The SMILES string of the molecule is CN1C(=CC2=CC(=C3C(=O)ON=C3c3ccccc3)CCC2)Sc2ccccc21. The Bertz CT molecular complexity index is 1110. The molecule has 0 N–H and O–H groups in total. The van der Waals surface area contributed by atoms with Crippen LogP contribution >= 0.6 is 11.8 Å². The quantitative estimate of drug-likeness (QED) is 0.497. The van der Waals surface area contributed by atoms with E-state index in [9.17, 15) is 4.79 Å². The molecule has 2 aliphatic heterocycles. The third-order valence-electron chi connectivity index (χ3n) is 5.38. The standard InChI is InChI=1S/C24H20N2O2S/c1-26-19-12-5-6-13-20(19)29-21(26)15-16-8-7-11-18(14-16)22-23(25-28-24(22)27)17-9-3-2-4-10-17/h2-6,9-10,12-15H,7-8,11H2,1H3. The summed E-state index contributed by atoms with van der Waals surface area (Å²) in [4.78, 5) is 21.0. The molecule has 0 unspecified atom stereocenters. The zero-order chi connectivity index (χ0) is 19.8. The van der Waals surface area contributed by atoms with Gasteiger partial charge in [0, 0.05) is 17.5 Å². The van der Waals surface area contributed by atoms with Crippen molar-refractivity contribution in [1.29, 1.82) is 0 Å². The summed E-state index contributed by atoms with van der Waals surface area (Å²) in [5, 5.41) is 5.27. The first kappa shape index (κ1) is 18.0. The molecule has 0 spiro atoms. The number of anilines is 1. The van der Waals surface area contributed by atoms with Gasteiger partial charge in [0.05, 0.1) is 16.3 Å². The minimum Gasteiger partial charge on any atom is -0.338 e. The van der Waals surface area contributed by atoms with Gasteiger partial charge in [-0.15, -0.1) is 0 Å². The Hall–Kier alpha value is -3.05. The maximum absolute atomic E-state index is 12.5. The summed E-state index contributed by atoms with van der Waals surface area (Å²) in [6, 6.07) is 18.2. The molecule has 5 heteroatoms. The third kappa shape index (κ3) is 3.32. The van der Waals surface area contributed by atoms with Crippen LogP contribution in [-0.4, -0.2) is 18.7 Å². The smallest absolute Gasteiger partial charge is 0.338 e. The fourth-order valence-corrected chi connectivity index (χ4v) is 5.05. The molecule has 1 aliphatic carbocycles. The summed E-state index contributed by atoms with van der Waals surface area (Å²) in [6.07, 6.45) is 7.24. The van der Waals surface area contributed by atoms with E-state index in [0.29, 0.717) is 11.3 Å². The number of carbonyl (C=O) groups excluding carboxylic acids is 1. The molecular weight excluding hydrogens is 380 g/mol. The summed E-state index contributed by atoms with van der Waals surface area (Å²) >= 11 is 1.78. The van der Waals surface area contributed by atoms with Crippen molar-refractivity contribution in [2.24, 2.45) is 5.16 Å². The van der Waals surface area contributed by atoms with Gasteiger partial charge in [-0.3, -0.25) is 0 Å². The van der Waals surface area contributed by atoms with Gasteiger partial charge >= 0.3 is 5.97 Å².